The van der Waals surface area contributed by atoms with Crippen LogP contribution in [0.5, 0.6) is 0 Å². The van der Waals surface area contributed by atoms with E-state index in [-0.39, 0.29) is 11.7 Å². The standard InChI is InChI=1S/C19H19N5O2S2/c1-4-26-16(25)11-27-19-21-20-17(23(19)3)15-10-14-12(2)22-24(18(14)28-15)13-8-6-5-7-9-13/h5-10H,4,11H2,1-3H3. The Morgan fingerprint density at radius 1 is 1.25 bits per heavy atom. The Hall–Kier alpha value is -2.65. The van der Waals surface area contributed by atoms with Crippen molar-refractivity contribution in [1.29, 1.82) is 0 Å². The Kier molecular flexibility index (Phi) is 5.19. The molecule has 0 bridgehead atoms. The lowest BCUT2D eigenvalue weighted by Gasteiger charge is -2.03. The Bertz CT molecular complexity index is 1130. The third-order valence-electron chi connectivity index (χ3n) is 4.23. The molecule has 0 N–H and O–H groups in total. The number of benzene rings is 1. The van der Waals surface area contributed by atoms with E-state index in [1.807, 2.05) is 53.6 Å². The van der Waals surface area contributed by atoms with Crippen molar-refractivity contribution in [3.05, 3.63) is 42.1 Å². The largest absolute Gasteiger partial charge is 0.465 e. The fraction of sp³-hybridized carbons (Fsp3) is 0.263. The Morgan fingerprint density at radius 2 is 2.04 bits per heavy atom. The molecule has 0 atom stereocenters. The molecule has 0 radical (unpaired) electrons. The summed E-state index contributed by atoms with van der Waals surface area (Å²) in [4.78, 5) is 13.7. The van der Waals surface area contributed by atoms with E-state index in [0.29, 0.717) is 11.8 Å². The second kappa shape index (κ2) is 7.76. The number of thiophene rings is 1. The van der Waals surface area contributed by atoms with Crippen molar-refractivity contribution in [2.45, 2.75) is 19.0 Å². The van der Waals surface area contributed by atoms with E-state index in [2.05, 4.69) is 21.4 Å². The first-order valence-electron chi connectivity index (χ1n) is 8.81. The third kappa shape index (κ3) is 3.43. The van der Waals surface area contributed by atoms with E-state index < -0.39 is 0 Å². The lowest BCUT2D eigenvalue weighted by Crippen LogP contribution is -2.07. The lowest BCUT2D eigenvalue weighted by molar-refractivity contribution is -0.139. The monoisotopic (exact) mass is 413 g/mol. The van der Waals surface area contributed by atoms with Crippen molar-refractivity contribution in [3.8, 4) is 16.4 Å². The highest BCUT2D eigenvalue weighted by Crippen LogP contribution is 2.36. The number of aromatic nitrogens is 5. The van der Waals surface area contributed by atoms with E-state index in [9.17, 15) is 4.79 Å². The number of carbonyl (C=O) groups excluding carboxylic acids is 1. The molecule has 4 rings (SSSR count). The summed E-state index contributed by atoms with van der Waals surface area (Å²) in [7, 11) is 1.91. The first-order chi connectivity index (χ1) is 13.6. The maximum absolute atomic E-state index is 11.6. The fourth-order valence-corrected chi connectivity index (χ4v) is 4.80. The highest BCUT2D eigenvalue weighted by Gasteiger charge is 2.19. The molecular formula is C19H19N5O2S2. The zero-order valence-electron chi connectivity index (χ0n) is 15.7. The lowest BCUT2D eigenvalue weighted by atomic mass is 10.3. The highest BCUT2D eigenvalue weighted by molar-refractivity contribution is 7.99. The summed E-state index contributed by atoms with van der Waals surface area (Å²) in [6.07, 6.45) is 0. The van der Waals surface area contributed by atoms with Crippen molar-refractivity contribution >= 4 is 39.3 Å². The number of nitrogens with zero attached hydrogens (tertiary/aromatic N) is 5. The molecule has 0 saturated carbocycles. The van der Waals surface area contributed by atoms with Crippen molar-refractivity contribution < 1.29 is 9.53 Å². The van der Waals surface area contributed by atoms with Gasteiger partial charge in [0, 0.05) is 12.4 Å². The zero-order valence-corrected chi connectivity index (χ0v) is 17.4. The average molecular weight is 414 g/mol. The number of aryl methyl sites for hydroxylation is 1. The second-order valence-corrected chi connectivity index (χ2v) is 8.09. The summed E-state index contributed by atoms with van der Waals surface area (Å²) in [5.74, 6) is 0.734. The molecule has 0 aliphatic heterocycles. The number of rotatable bonds is 6. The summed E-state index contributed by atoms with van der Waals surface area (Å²) in [5.41, 5.74) is 2.00. The number of para-hydroxylation sites is 1. The van der Waals surface area contributed by atoms with E-state index in [4.69, 9.17) is 4.74 Å². The van der Waals surface area contributed by atoms with Crippen molar-refractivity contribution in [2.75, 3.05) is 12.4 Å². The minimum absolute atomic E-state index is 0.217. The van der Waals surface area contributed by atoms with E-state index in [1.54, 1.807) is 18.3 Å². The van der Waals surface area contributed by atoms with Gasteiger partial charge in [-0.25, -0.2) is 4.68 Å². The van der Waals surface area contributed by atoms with Gasteiger partial charge in [-0.1, -0.05) is 30.0 Å². The number of fused-ring (bicyclic) bond motifs is 1. The van der Waals surface area contributed by atoms with Crippen LogP contribution in [0.4, 0.5) is 0 Å². The highest BCUT2D eigenvalue weighted by atomic mass is 32.2. The van der Waals surface area contributed by atoms with E-state index >= 15 is 0 Å². The quantitative estimate of drug-likeness (QED) is 0.353. The predicted molar refractivity (Wildman–Crippen MR) is 111 cm³/mol. The Balaban J connectivity index is 1.66. The Labute approximate surface area is 170 Å². The molecule has 28 heavy (non-hydrogen) atoms. The van der Waals surface area contributed by atoms with Crippen LogP contribution >= 0.6 is 23.1 Å². The summed E-state index contributed by atoms with van der Waals surface area (Å²) in [6.45, 7) is 4.18. The van der Waals surface area contributed by atoms with Gasteiger partial charge in [-0.2, -0.15) is 5.10 Å². The zero-order chi connectivity index (χ0) is 19.7. The number of ether oxygens (including phenoxy) is 1. The minimum Gasteiger partial charge on any atom is -0.465 e. The molecule has 1 aromatic carbocycles. The molecule has 0 aliphatic carbocycles. The maximum Gasteiger partial charge on any atom is 0.316 e. The molecule has 0 saturated heterocycles. The summed E-state index contributed by atoms with van der Waals surface area (Å²) in [6, 6.07) is 12.2. The molecule has 3 heterocycles. The van der Waals surface area contributed by atoms with Crippen LogP contribution in [0.25, 0.3) is 26.6 Å². The van der Waals surface area contributed by atoms with Crippen LogP contribution in [0.3, 0.4) is 0 Å². The van der Waals surface area contributed by atoms with Gasteiger partial charge in [-0.15, -0.1) is 21.5 Å². The van der Waals surface area contributed by atoms with Crippen LogP contribution in [0.15, 0.2) is 41.6 Å². The molecule has 3 aromatic heterocycles. The first kappa shape index (κ1) is 18.7. The van der Waals surface area contributed by atoms with Crippen LogP contribution in [-0.2, 0) is 16.6 Å². The number of thioether (sulfide) groups is 1. The molecule has 0 amide bonds. The van der Waals surface area contributed by atoms with Gasteiger partial charge in [-0.3, -0.25) is 4.79 Å². The van der Waals surface area contributed by atoms with Crippen molar-refractivity contribution in [2.24, 2.45) is 7.05 Å². The van der Waals surface area contributed by atoms with Crippen LogP contribution in [0.1, 0.15) is 12.6 Å². The SMILES string of the molecule is CCOC(=O)CSc1nnc(-c2cc3c(C)nn(-c4ccccc4)c3s2)n1C. The molecular weight excluding hydrogens is 394 g/mol. The molecule has 0 spiro atoms. The molecule has 0 fully saturated rings. The average Bonchev–Trinajstić information content (AvgIpc) is 3.36. The van der Waals surface area contributed by atoms with Gasteiger partial charge in [0.05, 0.1) is 28.6 Å². The van der Waals surface area contributed by atoms with Gasteiger partial charge in [-0.05, 0) is 32.0 Å². The van der Waals surface area contributed by atoms with Gasteiger partial charge < -0.3 is 9.30 Å². The summed E-state index contributed by atoms with van der Waals surface area (Å²) >= 11 is 2.95. The molecule has 4 aromatic rings. The topological polar surface area (TPSA) is 74.8 Å². The van der Waals surface area contributed by atoms with Crippen molar-refractivity contribution in [1.82, 2.24) is 24.5 Å². The number of hydrogen-bond donors (Lipinski definition) is 0. The summed E-state index contributed by atoms with van der Waals surface area (Å²) in [5, 5.41) is 15.0. The van der Waals surface area contributed by atoms with Crippen LogP contribution in [-0.4, -0.2) is 42.9 Å². The molecule has 0 unspecified atom stereocenters. The fourth-order valence-electron chi connectivity index (χ4n) is 2.88. The predicted octanol–water partition coefficient (Wildman–Crippen LogP) is 3.85. The van der Waals surface area contributed by atoms with Crippen LogP contribution < -0.4 is 0 Å². The van der Waals surface area contributed by atoms with Gasteiger partial charge in [0.15, 0.2) is 11.0 Å². The van der Waals surface area contributed by atoms with Gasteiger partial charge in [0.2, 0.25) is 0 Å². The number of esters is 1. The maximum atomic E-state index is 11.6. The van der Waals surface area contributed by atoms with Crippen molar-refractivity contribution in [3.63, 3.8) is 0 Å². The van der Waals surface area contributed by atoms with E-state index in [1.165, 1.54) is 11.8 Å². The van der Waals surface area contributed by atoms with Gasteiger partial charge in [0.25, 0.3) is 0 Å². The van der Waals surface area contributed by atoms with Gasteiger partial charge in [0.1, 0.15) is 4.83 Å². The second-order valence-electron chi connectivity index (χ2n) is 6.12. The molecule has 0 aliphatic rings. The first-order valence-corrected chi connectivity index (χ1v) is 10.6. The normalized spacial score (nSPS) is 11.2. The minimum atomic E-state index is -0.252. The number of carbonyl (C=O) groups is 1. The van der Waals surface area contributed by atoms with Crippen LogP contribution in [0, 0.1) is 6.92 Å². The molecule has 7 nitrogen and oxygen atoms in total. The summed E-state index contributed by atoms with van der Waals surface area (Å²) < 4.78 is 8.84. The third-order valence-corrected chi connectivity index (χ3v) is 6.33. The van der Waals surface area contributed by atoms with Gasteiger partial charge >= 0.3 is 5.97 Å². The number of hydrogen-bond acceptors (Lipinski definition) is 7. The smallest absolute Gasteiger partial charge is 0.316 e. The molecule has 9 heteroatoms. The molecule has 144 valence electrons. The van der Waals surface area contributed by atoms with Crippen LogP contribution in [0.2, 0.25) is 0 Å². The van der Waals surface area contributed by atoms with E-state index in [0.717, 1.165) is 32.3 Å². The Morgan fingerprint density at radius 3 is 2.79 bits per heavy atom.